The number of hydrogen-bond acceptors (Lipinski definition) is 3. The number of nitrogens with zero attached hydrogens (tertiary/aromatic N) is 2. The molecule has 0 saturated carbocycles. The molecule has 1 aliphatic rings. The third-order valence-electron chi connectivity index (χ3n) is 4.20. The lowest BCUT2D eigenvalue weighted by Crippen LogP contribution is -2.41. The summed E-state index contributed by atoms with van der Waals surface area (Å²) >= 11 is 0. The second-order valence-corrected chi connectivity index (χ2v) is 6.24. The Bertz CT molecular complexity index is 912. The normalized spacial score (nSPS) is 18.3. The van der Waals surface area contributed by atoms with Crippen LogP contribution < -0.4 is 0 Å². The van der Waals surface area contributed by atoms with Gasteiger partial charge in [0.25, 0.3) is 0 Å². The Morgan fingerprint density at radius 3 is 2.73 bits per heavy atom. The van der Waals surface area contributed by atoms with E-state index in [0.717, 1.165) is 16.8 Å². The van der Waals surface area contributed by atoms with Crippen molar-refractivity contribution in [3.63, 3.8) is 0 Å². The lowest BCUT2D eigenvalue weighted by Gasteiger charge is -2.28. The van der Waals surface area contributed by atoms with Gasteiger partial charge in [0.2, 0.25) is 6.41 Å². The standard InChI is InChI=1S/C21H19FN2O2/c1-15-5-6-17(8-7-16-3-2-4-18(22)11-16)12-20(15)23-21-10-9-19(26)13-24(21)14-25/h2-6,11-12,14,19,26H,9-10,13H2,1H3. The smallest absolute Gasteiger partial charge is 0.215 e. The summed E-state index contributed by atoms with van der Waals surface area (Å²) in [6.45, 7) is 2.20. The number of carbonyl (C=O) groups excluding carboxylic acids is 1. The van der Waals surface area contributed by atoms with Crippen LogP contribution in [-0.2, 0) is 4.79 Å². The number of likely N-dealkylation sites (tertiary alicyclic amines) is 1. The summed E-state index contributed by atoms with van der Waals surface area (Å²) in [4.78, 5) is 17.3. The Morgan fingerprint density at radius 2 is 2.00 bits per heavy atom. The quantitative estimate of drug-likeness (QED) is 0.668. The number of piperidine rings is 1. The summed E-state index contributed by atoms with van der Waals surface area (Å²) < 4.78 is 13.2. The SMILES string of the molecule is Cc1ccc(C#Cc2cccc(F)c2)cc1N=C1CCC(O)CN1C=O. The summed E-state index contributed by atoms with van der Waals surface area (Å²) in [6, 6.07) is 11.8. The van der Waals surface area contributed by atoms with Crippen molar-refractivity contribution < 1.29 is 14.3 Å². The summed E-state index contributed by atoms with van der Waals surface area (Å²) in [6.07, 6.45) is 1.31. The summed E-state index contributed by atoms with van der Waals surface area (Å²) in [5.74, 6) is 6.28. The van der Waals surface area contributed by atoms with Crippen LogP contribution in [0.2, 0.25) is 0 Å². The summed E-state index contributed by atoms with van der Waals surface area (Å²) in [7, 11) is 0. The van der Waals surface area contributed by atoms with Crippen LogP contribution in [0.3, 0.4) is 0 Å². The van der Waals surface area contributed by atoms with Crippen molar-refractivity contribution in [1.82, 2.24) is 4.90 Å². The molecular formula is C21H19FN2O2. The highest BCUT2D eigenvalue weighted by Crippen LogP contribution is 2.23. The summed E-state index contributed by atoms with van der Waals surface area (Å²) in [5.41, 5.74) is 3.06. The van der Waals surface area contributed by atoms with Crippen molar-refractivity contribution >= 4 is 17.9 Å². The molecule has 0 bridgehead atoms. The number of β-amino-alcohol motifs (C(OH)–C–C–N with tert-alkyl or cyclic N) is 1. The number of aryl methyl sites for hydroxylation is 1. The van der Waals surface area contributed by atoms with Crippen molar-refractivity contribution in [1.29, 1.82) is 0 Å². The zero-order valence-electron chi connectivity index (χ0n) is 14.4. The molecule has 132 valence electrons. The monoisotopic (exact) mass is 350 g/mol. The number of amidine groups is 1. The Kier molecular flexibility index (Phi) is 5.45. The molecule has 5 heteroatoms. The number of aliphatic hydroxyl groups excluding tert-OH is 1. The van der Waals surface area contributed by atoms with E-state index in [0.29, 0.717) is 30.7 Å². The topological polar surface area (TPSA) is 52.9 Å². The minimum Gasteiger partial charge on any atom is -0.391 e. The number of aliphatic imine (C=N–C) groups is 1. The third kappa shape index (κ3) is 4.35. The maximum Gasteiger partial charge on any atom is 0.215 e. The molecule has 1 heterocycles. The number of benzene rings is 2. The number of amides is 1. The highest BCUT2D eigenvalue weighted by atomic mass is 19.1. The zero-order valence-corrected chi connectivity index (χ0v) is 14.4. The van der Waals surface area contributed by atoms with Gasteiger partial charge in [0.15, 0.2) is 0 Å². The molecule has 4 nitrogen and oxygen atoms in total. The van der Waals surface area contributed by atoms with Crippen molar-refractivity contribution in [3.05, 3.63) is 65.0 Å². The molecule has 0 aliphatic carbocycles. The molecule has 1 unspecified atom stereocenters. The predicted molar refractivity (Wildman–Crippen MR) is 98.7 cm³/mol. The minimum atomic E-state index is -0.510. The second-order valence-electron chi connectivity index (χ2n) is 6.24. The van der Waals surface area contributed by atoms with Gasteiger partial charge in [-0.2, -0.15) is 0 Å². The highest BCUT2D eigenvalue weighted by molar-refractivity contribution is 5.93. The van der Waals surface area contributed by atoms with Crippen LogP contribution in [-0.4, -0.2) is 34.9 Å². The molecule has 1 amide bonds. The van der Waals surface area contributed by atoms with Crippen LogP contribution in [0.25, 0.3) is 0 Å². The lowest BCUT2D eigenvalue weighted by atomic mass is 10.1. The molecule has 1 N–H and O–H groups in total. The molecule has 1 atom stereocenters. The van der Waals surface area contributed by atoms with Gasteiger partial charge in [-0.3, -0.25) is 4.79 Å². The second kappa shape index (κ2) is 7.94. The Labute approximate surface area is 152 Å². The Balaban J connectivity index is 1.89. The van der Waals surface area contributed by atoms with Gasteiger partial charge in [-0.25, -0.2) is 9.38 Å². The molecule has 1 fully saturated rings. The number of hydrogen-bond donors (Lipinski definition) is 1. The first kappa shape index (κ1) is 17.8. The van der Waals surface area contributed by atoms with Crippen LogP contribution in [0, 0.1) is 24.6 Å². The first-order valence-electron chi connectivity index (χ1n) is 8.41. The molecule has 0 spiro atoms. The summed E-state index contributed by atoms with van der Waals surface area (Å²) in [5, 5.41) is 9.69. The fourth-order valence-electron chi connectivity index (χ4n) is 2.74. The molecule has 3 rings (SSSR count). The number of halogens is 1. The molecule has 1 saturated heterocycles. The minimum absolute atomic E-state index is 0.264. The van der Waals surface area contributed by atoms with Crippen molar-refractivity contribution in [2.45, 2.75) is 25.9 Å². The van der Waals surface area contributed by atoms with E-state index in [9.17, 15) is 14.3 Å². The number of carbonyl (C=O) groups is 1. The zero-order chi connectivity index (χ0) is 18.5. The van der Waals surface area contributed by atoms with Crippen molar-refractivity contribution in [2.75, 3.05) is 6.54 Å². The molecular weight excluding hydrogens is 331 g/mol. The van der Waals surface area contributed by atoms with Crippen LogP contribution in [0.15, 0.2) is 47.5 Å². The van der Waals surface area contributed by atoms with Crippen LogP contribution in [0.5, 0.6) is 0 Å². The van der Waals surface area contributed by atoms with E-state index in [1.165, 1.54) is 17.0 Å². The number of rotatable bonds is 2. The Morgan fingerprint density at radius 1 is 1.23 bits per heavy atom. The predicted octanol–water partition coefficient (Wildman–Crippen LogP) is 3.18. The maximum atomic E-state index is 13.2. The van der Waals surface area contributed by atoms with Crippen LogP contribution >= 0.6 is 0 Å². The molecule has 0 radical (unpaired) electrons. The van der Waals surface area contributed by atoms with Gasteiger partial charge in [-0.05, 0) is 49.2 Å². The van der Waals surface area contributed by atoms with Gasteiger partial charge in [-0.1, -0.05) is 24.0 Å². The highest BCUT2D eigenvalue weighted by Gasteiger charge is 2.22. The van der Waals surface area contributed by atoms with Crippen molar-refractivity contribution in [2.24, 2.45) is 4.99 Å². The number of aliphatic hydroxyl groups is 1. The fourth-order valence-corrected chi connectivity index (χ4v) is 2.74. The lowest BCUT2D eigenvalue weighted by molar-refractivity contribution is -0.116. The molecule has 0 aromatic heterocycles. The first-order chi connectivity index (χ1) is 12.5. The average molecular weight is 350 g/mol. The van der Waals surface area contributed by atoms with Crippen LogP contribution in [0.4, 0.5) is 10.1 Å². The van der Waals surface area contributed by atoms with Gasteiger partial charge < -0.3 is 10.0 Å². The van der Waals surface area contributed by atoms with Gasteiger partial charge in [0.05, 0.1) is 18.3 Å². The van der Waals surface area contributed by atoms with E-state index in [-0.39, 0.29) is 12.4 Å². The average Bonchev–Trinajstić information content (AvgIpc) is 2.63. The van der Waals surface area contributed by atoms with Gasteiger partial charge in [0.1, 0.15) is 11.7 Å². The molecule has 2 aromatic carbocycles. The van der Waals surface area contributed by atoms with E-state index >= 15 is 0 Å². The third-order valence-corrected chi connectivity index (χ3v) is 4.20. The molecule has 26 heavy (non-hydrogen) atoms. The van der Waals surface area contributed by atoms with Gasteiger partial charge in [0, 0.05) is 17.5 Å². The molecule has 1 aliphatic heterocycles. The Hall–Kier alpha value is -2.97. The van der Waals surface area contributed by atoms with E-state index in [1.54, 1.807) is 12.1 Å². The van der Waals surface area contributed by atoms with Gasteiger partial charge >= 0.3 is 0 Å². The van der Waals surface area contributed by atoms with Crippen molar-refractivity contribution in [3.8, 4) is 11.8 Å². The molecule has 2 aromatic rings. The van der Waals surface area contributed by atoms with E-state index in [2.05, 4.69) is 16.8 Å². The fraction of sp³-hybridized carbons (Fsp3) is 0.238. The van der Waals surface area contributed by atoms with E-state index in [1.807, 2.05) is 25.1 Å². The van der Waals surface area contributed by atoms with Crippen LogP contribution in [0.1, 0.15) is 29.5 Å². The first-order valence-corrected chi connectivity index (χ1v) is 8.41. The van der Waals surface area contributed by atoms with Gasteiger partial charge in [-0.15, -0.1) is 0 Å². The van der Waals surface area contributed by atoms with E-state index in [4.69, 9.17) is 0 Å². The maximum absolute atomic E-state index is 13.2. The largest absolute Gasteiger partial charge is 0.391 e. The van der Waals surface area contributed by atoms with E-state index < -0.39 is 6.10 Å².